The van der Waals surface area contributed by atoms with Crippen LogP contribution in [0.2, 0.25) is 0 Å². The smallest absolute Gasteiger partial charge is 0.309 e. The summed E-state index contributed by atoms with van der Waals surface area (Å²) >= 11 is 0. The van der Waals surface area contributed by atoms with Crippen molar-refractivity contribution >= 4 is 26.0 Å². The molecule has 0 spiro atoms. The van der Waals surface area contributed by atoms with Crippen LogP contribution in [0.3, 0.4) is 0 Å². The Labute approximate surface area is 150 Å². The van der Waals surface area contributed by atoms with Crippen LogP contribution in [0, 0.1) is 0 Å². The third-order valence-electron chi connectivity index (χ3n) is 4.23. The molecule has 0 bridgehead atoms. The van der Waals surface area contributed by atoms with E-state index in [0.717, 1.165) is 25.9 Å². The third-order valence-corrected chi connectivity index (χ3v) is 6.14. The molecule has 2 aromatic carbocycles. The Bertz CT molecular complexity index is 553. The molecular weight excluding hydrogens is 310 g/mol. The van der Waals surface area contributed by atoms with Gasteiger partial charge in [0.25, 0.3) is 0 Å². The van der Waals surface area contributed by atoms with E-state index in [0.29, 0.717) is 0 Å². The minimum atomic E-state index is -1.16. The summed E-state index contributed by atoms with van der Waals surface area (Å²) in [5, 5.41) is 2.55. The van der Waals surface area contributed by atoms with Crippen LogP contribution in [-0.4, -0.2) is 58.6 Å². The Kier molecular flexibility index (Phi) is 7.49. The number of likely N-dealkylation sites (N-methyl/N-ethyl adjacent to an activating group) is 2. The number of hydrogen-bond donors (Lipinski definition) is 0. The first-order chi connectivity index (χ1) is 11.5. The van der Waals surface area contributed by atoms with E-state index in [2.05, 4.69) is 86.5 Å². The standard InChI is InChI=1S/C20H29BN2P/c1-22(2)15-13-17-5-9-19(10-6-17)24(21)20-11-7-18(8-12-20)14-16-23(3)4/h5-12,24H,13-16H2,1-4H3/q+1. The highest BCUT2D eigenvalue weighted by molar-refractivity contribution is 7.94. The summed E-state index contributed by atoms with van der Waals surface area (Å²) in [5.41, 5.74) is 2.75. The van der Waals surface area contributed by atoms with Crippen LogP contribution in [-0.2, 0) is 12.8 Å². The molecule has 0 atom stereocenters. The van der Waals surface area contributed by atoms with E-state index in [1.54, 1.807) is 0 Å². The third kappa shape index (κ3) is 6.05. The molecule has 0 aliphatic rings. The van der Waals surface area contributed by atoms with E-state index in [-0.39, 0.29) is 0 Å². The van der Waals surface area contributed by atoms with E-state index < -0.39 is 7.80 Å². The molecule has 0 heterocycles. The highest BCUT2D eigenvalue weighted by atomic mass is 31.1. The minimum Gasteiger partial charge on any atom is -0.309 e. The number of hydrogen-bond acceptors (Lipinski definition) is 2. The molecule has 0 aromatic heterocycles. The lowest BCUT2D eigenvalue weighted by atomic mass is 10.1. The SMILES string of the molecule is [B][PH+](c1ccc(CCN(C)C)cc1)c1ccc(CCN(C)C)cc1. The van der Waals surface area contributed by atoms with Crippen LogP contribution in [0.15, 0.2) is 48.5 Å². The highest BCUT2D eigenvalue weighted by Crippen LogP contribution is 2.27. The molecule has 24 heavy (non-hydrogen) atoms. The fraction of sp³-hybridized carbons (Fsp3) is 0.400. The molecule has 4 heteroatoms. The molecule has 0 fully saturated rings. The second-order valence-electron chi connectivity index (χ2n) is 6.91. The molecule has 0 amide bonds. The molecule has 0 aliphatic heterocycles. The first-order valence-electron chi connectivity index (χ1n) is 8.56. The zero-order valence-electron chi connectivity index (χ0n) is 15.4. The van der Waals surface area contributed by atoms with Crippen LogP contribution in [0.4, 0.5) is 0 Å². The van der Waals surface area contributed by atoms with Crippen molar-refractivity contribution in [2.75, 3.05) is 41.3 Å². The summed E-state index contributed by atoms with van der Waals surface area (Å²) in [4.78, 5) is 4.42. The van der Waals surface area contributed by atoms with Gasteiger partial charge in [0.2, 0.25) is 0 Å². The summed E-state index contributed by atoms with van der Waals surface area (Å²) in [6.07, 6.45) is 2.17. The molecule has 0 aliphatic carbocycles. The van der Waals surface area contributed by atoms with Crippen LogP contribution >= 0.6 is 7.80 Å². The predicted molar refractivity (Wildman–Crippen MR) is 111 cm³/mol. The number of nitrogens with zero attached hydrogens (tertiary/aromatic N) is 2. The van der Waals surface area contributed by atoms with Gasteiger partial charge in [0.15, 0.2) is 0 Å². The van der Waals surface area contributed by atoms with Gasteiger partial charge in [-0.25, -0.2) is 0 Å². The Hall–Kier alpha value is -1.15. The summed E-state index contributed by atoms with van der Waals surface area (Å²) < 4.78 is 0. The molecule has 2 nitrogen and oxygen atoms in total. The number of rotatable bonds is 8. The maximum Gasteiger partial charge on any atom is 0.374 e. The summed E-state index contributed by atoms with van der Waals surface area (Å²) in [6.45, 7) is 2.16. The lowest BCUT2D eigenvalue weighted by Gasteiger charge is -2.11. The Morgan fingerprint density at radius 3 is 1.29 bits per heavy atom. The molecule has 126 valence electrons. The van der Waals surface area contributed by atoms with Crippen LogP contribution in [0.5, 0.6) is 0 Å². The first kappa shape index (κ1) is 19.2. The van der Waals surface area contributed by atoms with E-state index in [9.17, 15) is 0 Å². The molecule has 0 unspecified atom stereocenters. The van der Waals surface area contributed by atoms with E-state index in [4.69, 9.17) is 7.57 Å². The van der Waals surface area contributed by atoms with Gasteiger partial charge in [-0.05, 0) is 76.4 Å². The molecule has 0 saturated carbocycles. The average molecular weight is 339 g/mol. The van der Waals surface area contributed by atoms with Gasteiger partial charge in [0.1, 0.15) is 0 Å². The van der Waals surface area contributed by atoms with Crippen LogP contribution in [0.25, 0.3) is 0 Å². The second kappa shape index (κ2) is 9.37. The van der Waals surface area contributed by atoms with Crippen molar-refractivity contribution in [1.29, 1.82) is 0 Å². The van der Waals surface area contributed by atoms with Crippen LogP contribution < -0.4 is 10.6 Å². The highest BCUT2D eigenvalue weighted by Gasteiger charge is 2.16. The normalized spacial score (nSPS) is 11.6. The molecule has 0 saturated heterocycles. The topological polar surface area (TPSA) is 6.48 Å². The van der Waals surface area contributed by atoms with Crippen LogP contribution in [0.1, 0.15) is 11.1 Å². The van der Waals surface area contributed by atoms with Gasteiger partial charge in [-0.3, -0.25) is 0 Å². The first-order valence-corrected chi connectivity index (χ1v) is 10.1. The van der Waals surface area contributed by atoms with Gasteiger partial charge in [-0.2, -0.15) is 0 Å². The van der Waals surface area contributed by atoms with E-state index in [1.807, 2.05) is 0 Å². The summed E-state index contributed by atoms with van der Waals surface area (Å²) in [7, 11) is 13.8. The maximum absolute atomic E-state index is 6.55. The van der Waals surface area contributed by atoms with Gasteiger partial charge in [0, 0.05) is 20.9 Å². The quantitative estimate of drug-likeness (QED) is 0.537. The fourth-order valence-electron chi connectivity index (χ4n) is 2.57. The zero-order valence-corrected chi connectivity index (χ0v) is 16.4. The molecule has 2 radical (unpaired) electrons. The monoisotopic (exact) mass is 339 g/mol. The van der Waals surface area contributed by atoms with Crippen molar-refractivity contribution in [3.05, 3.63) is 59.7 Å². The van der Waals surface area contributed by atoms with Crippen molar-refractivity contribution in [2.24, 2.45) is 0 Å². The van der Waals surface area contributed by atoms with Gasteiger partial charge < -0.3 is 9.80 Å². The minimum absolute atomic E-state index is 1.08. The second-order valence-corrected chi connectivity index (χ2v) is 8.90. The van der Waals surface area contributed by atoms with Gasteiger partial charge >= 0.3 is 7.57 Å². The van der Waals surface area contributed by atoms with Gasteiger partial charge in [0.05, 0.1) is 10.6 Å². The van der Waals surface area contributed by atoms with Crippen molar-refractivity contribution in [3.63, 3.8) is 0 Å². The zero-order chi connectivity index (χ0) is 17.5. The lowest BCUT2D eigenvalue weighted by molar-refractivity contribution is 0.413. The number of benzene rings is 2. The maximum atomic E-state index is 6.55. The van der Waals surface area contributed by atoms with E-state index >= 15 is 0 Å². The largest absolute Gasteiger partial charge is 0.374 e. The lowest BCUT2D eigenvalue weighted by Crippen LogP contribution is -2.16. The molecule has 0 N–H and O–H groups in total. The van der Waals surface area contributed by atoms with Crippen molar-refractivity contribution in [1.82, 2.24) is 9.80 Å². The average Bonchev–Trinajstić information content (AvgIpc) is 2.58. The fourth-order valence-corrected chi connectivity index (χ4v) is 3.96. The summed E-state index contributed by atoms with van der Waals surface area (Å²) in [6, 6.07) is 17.7. The van der Waals surface area contributed by atoms with Crippen molar-refractivity contribution in [3.8, 4) is 0 Å². The Balaban J connectivity index is 1.98. The summed E-state index contributed by atoms with van der Waals surface area (Å²) in [5.74, 6) is 0. The van der Waals surface area contributed by atoms with Gasteiger partial charge in [-0.15, -0.1) is 0 Å². The predicted octanol–water partition coefficient (Wildman–Crippen LogP) is 2.14. The molecule has 2 rings (SSSR count). The Morgan fingerprint density at radius 1 is 0.667 bits per heavy atom. The van der Waals surface area contributed by atoms with Crippen molar-refractivity contribution < 1.29 is 0 Å². The Morgan fingerprint density at radius 2 is 1.00 bits per heavy atom. The molecular formula is C20H29BN2P+. The van der Waals surface area contributed by atoms with E-state index in [1.165, 1.54) is 21.7 Å². The molecule has 2 aromatic rings. The van der Waals surface area contributed by atoms with Gasteiger partial charge in [-0.1, -0.05) is 24.3 Å². The van der Waals surface area contributed by atoms with Crippen molar-refractivity contribution in [2.45, 2.75) is 12.8 Å².